The zero-order valence-electron chi connectivity index (χ0n) is 14.4. The van der Waals surface area contributed by atoms with E-state index in [1.54, 1.807) is 0 Å². The lowest BCUT2D eigenvalue weighted by Gasteiger charge is -2.37. The molecule has 1 aliphatic rings. The van der Waals surface area contributed by atoms with E-state index in [2.05, 4.69) is 40.2 Å². The van der Waals surface area contributed by atoms with Crippen LogP contribution < -0.4 is 4.90 Å². The Balaban J connectivity index is 1.96. The number of pyridine rings is 1. The van der Waals surface area contributed by atoms with Crippen LogP contribution in [-0.2, 0) is 11.2 Å². The van der Waals surface area contributed by atoms with Gasteiger partial charge in [-0.15, -0.1) is 0 Å². The van der Waals surface area contributed by atoms with Crippen LogP contribution >= 0.6 is 0 Å². The van der Waals surface area contributed by atoms with E-state index in [1.165, 1.54) is 17.2 Å². The lowest BCUT2D eigenvalue weighted by atomic mass is 9.89. The normalized spacial score (nSPS) is 16.7. The molecule has 0 fully saturated rings. The number of aromatic nitrogens is 1. The van der Waals surface area contributed by atoms with Gasteiger partial charge in [0, 0.05) is 32.5 Å². The molecule has 0 aliphatic carbocycles. The molecule has 0 spiro atoms. The summed E-state index contributed by atoms with van der Waals surface area (Å²) in [7, 11) is 1.91. The Labute approximate surface area is 148 Å². The first-order valence-corrected chi connectivity index (χ1v) is 8.48. The van der Waals surface area contributed by atoms with Gasteiger partial charge in [0.15, 0.2) is 0 Å². The van der Waals surface area contributed by atoms with Crippen LogP contribution in [0.25, 0.3) is 0 Å². The molecule has 130 valence electrons. The molecule has 0 saturated heterocycles. The summed E-state index contributed by atoms with van der Waals surface area (Å²) in [5.74, 6) is 0.830. The second kappa shape index (κ2) is 7.94. The highest BCUT2D eigenvalue weighted by Gasteiger charge is 2.26. The molecule has 1 aliphatic heterocycles. The van der Waals surface area contributed by atoms with Crippen LogP contribution in [0.15, 0.2) is 54.9 Å². The number of aliphatic hydroxyl groups excluding tert-OH is 1. The van der Waals surface area contributed by atoms with Crippen molar-refractivity contribution < 1.29 is 9.90 Å². The molecule has 1 aromatic carbocycles. The number of rotatable bonds is 6. The topological polar surface area (TPSA) is 56.7 Å². The summed E-state index contributed by atoms with van der Waals surface area (Å²) in [5.41, 5.74) is 3.68. The fraction of sp³-hybridized carbons (Fsp3) is 0.300. The predicted octanol–water partition coefficient (Wildman–Crippen LogP) is 2.17. The quantitative estimate of drug-likeness (QED) is 0.647. The summed E-state index contributed by atoms with van der Waals surface area (Å²) in [6.07, 6.45) is 7.05. The highest BCUT2D eigenvalue weighted by molar-refractivity contribution is 5.64. The Morgan fingerprint density at radius 1 is 1.32 bits per heavy atom. The van der Waals surface area contributed by atoms with E-state index in [1.807, 2.05) is 30.4 Å². The van der Waals surface area contributed by atoms with Crippen LogP contribution in [0.2, 0.25) is 0 Å². The molecule has 1 N–H and O–H groups in total. The van der Waals surface area contributed by atoms with E-state index in [0.29, 0.717) is 6.54 Å². The Kier molecular flexibility index (Phi) is 5.46. The average Bonchev–Trinajstić information content (AvgIpc) is 2.66. The maximum atomic E-state index is 10.8. The third-order valence-electron chi connectivity index (χ3n) is 4.59. The van der Waals surface area contributed by atoms with Crippen LogP contribution in [0.4, 0.5) is 5.82 Å². The van der Waals surface area contributed by atoms with Crippen LogP contribution in [0.1, 0.15) is 22.7 Å². The molecule has 3 rings (SSSR count). The number of benzene rings is 1. The molecule has 5 heteroatoms. The lowest BCUT2D eigenvalue weighted by Crippen LogP contribution is -2.32. The number of aliphatic hydroxyl groups is 1. The van der Waals surface area contributed by atoms with Crippen molar-refractivity contribution in [1.82, 2.24) is 9.88 Å². The smallest absolute Gasteiger partial charge is 0.144 e. The Hall–Kier alpha value is -2.66. The molecular weight excluding hydrogens is 314 g/mol. The maximum absolute atomic E-state index is 10.8. The van der Waals surface area contributed by atoms with E-state index in [0.717, 1.165) is 30.6 Å². The molecule has 0 radical (unpaired) electrons. The Morgan fingerprint density at radius 2 is 2.16 bits per heavy atom. The second-order valence-corrected chi connectivity index (χ2v) is 6.16. The van der Waals surface area contributed by atoms with Gasteiger partial charge in [0.25, 0.3) is 0 Å². The lowest BCUT2D eigenvalue weighted by molar-refractivity contribution is -0.104. The van der Waals surface area contributed by atoms with Crippen LogP contribution in [0, 0.1) is 0 Å². The number of hydrogen-bond acceptors (Lipinski definition) is 5. The van der Waals surface area contributed by atoms with Gasteiger partial charge in [-0.25, -0.2) is 4.98 Å². The molecule has 1 unspecified atom stereocenters. The average molecular weight is 337 g/mol. The molecule has 25 heavy (non-hydrogen) atoms. The minimum absolute atomic E-state index is 0.0471. The summed E-state index contributed by atoms with van der Waals surface area (Å²) in [4.78, 5) is 19.4. The predicted molar refractivity (Wildman–Crippen MR) is 98.5 cm³/mol. The fourth-order valence-corrected chi connectivity index (χ4v) is 3.31. The van der Waals surface area contributed by atoms with Gasteiger partial charge >= 0.3 is 0 Å². The van der Waals surface area contributed by atoms with E-state index in [4.69, 9.17) is 5.11 Å². The molecule has 0 saturated carbocycles. The standard InChI is InChI=1S/C20H23N3O2/c1-22(12-14-25)19-8-7-17(15-21-19)20-18-6-3-2-5-16(18)9-11-23(20)10-4-13-24/h2-8,10,13,15,20,25H,9,11-12,14H2,1H3. The third kappa shape index (κ3) is 3.72. The van der Waals surface area contributed by atoms with Crippen LogP contribution in [0.5, 0.6) is 0 Å². The minimum atomic E-state index is 0.0471. The highest BCUT2D eigenvalue weighted by atomic mass is 16.3. The second-order valence-electron chi connectivity index (χ2n) is 6.16. The first-order valence-electron chi connectivity index (χ1n) is 8.48. The SMILES string of the molecule is CN(CCO)c1ccc(C2c3ccccc3CCN2C=CC=O)cn1. The summed E-state index contributed by atoms with van der Waals surface area (Å²) in [6, 6.07) is 12.5. The number of allylic oxidation sites excluding steroid dienone is 1. The molecule has 2 heterocycles. The highest BCUT2D eigenvalue weighted by Crippen LogP contribution is 2.35. The molecule has 1 aromatic heterocycles. The zero-order valence-corrected chi connectivity index (χ0v) is 14.4. The molecule has 0 bridgehead atoms. The van der Waals surface area contributed by atoms with Crippen molar-refractivity contribution in [3.63, 3.8) is 0 Å². The van der Waals surface area contributed by atoms with Crippen LogP contribution in [0.3, 0.4) is 0 Å². The number of likely N-dealkylation sites (N-methyl/N-ethyl adjacent to an activating group) is 1. The van der Waals surface area contributed by atoms with Crippen molar-refractivity contribution in [1.29, 1.82) is 0 Å². The monoisotopic (exact) mass is 337 g/mol. The molecule has 0 amide bonds. The number of nitrogens with zero attached hydrogens (tertiary/aromatic N) is 3. The minimum Gasteiger partial charge on any atom is -0.395 e. The van der Waals surface area contributed by atoms with Gasteiger partial charge in [-0.2, -0.15) is 0 Å². The molecule has 1 atom stereocenters. The number of hydrogen-bond donors (Lipinski definition) is 1. The summed E-state index contributed by atoms with van der Waals surface area (Å²) >= 11 is 0. The Bertz CT molecular complexity index is 743. The zero-order chi connectivity index (χ0) is 17.6. The number of anilines is 1. The largest absolute Gasteiger partial charge is 0.395 e. The van der Waals surface area contributed by atoms with Crippen molar-refractivity contribution in [2.75, 3.05) is 31.6 Å². The van der Waals surface area contributed by atoms with Gasteiger partial charge in [0.2, 0.25) is 0 Å². The number of fused-ring (bicyclic) bond motifs is 1. The summed E-state index contributed by atoms with van der Waals surface area (Å²) in [6.45, 7) is 1.51. The van der Waals surface area contributed by atoms with Gasteiger partial charge in [-0.3, -0.25) is 4.79 Å². The fourth-order valence-electron chi connectivity index (χ4n) is 3.31. The van der Waals surface area contributed by atoms with Gasteiger partial charge in [-0.05, 0) is 35.3 Å². The van der Waals surface area contributed by atoms with Crippen molar-refractivity contribution in [3.05, 3.63) is 71.6 Å². The van der Waals surface area contributed by atoms with E-state index < -0.39 is 0 Å². The first kappa shape index (κ1) is 17.2. The summed E-state index contributed by atoms with van der Waals surface area (Å²) < 4.78 is 0. The molecule has 2 aromatic rings. The van der Waals surface area contributed by atoms with Gasteiger partial charge in [0.05, 0.1) is 12.6 Å². The van der Waals surface area contributed by atoms with Gasteiger partial charge < -0.3 is 14.9 Å². The number of carbonyl (C=O) groups excluding carboxylic acids is 1. The Morgan fingerprint density at radius 3 is 2.88 bits per heavy atom. The number of carbonyl (C=O) groups is 1. The van der Waals surface area contributed by atoms with Crippen molar-refractivity contribution >= 4 is 12.1 Å². The van der Waals surface area contributed by atoms with Crippen molar-refractivity contribution in [2.24, 2.45) is 0 Å². The van der Waals surface area contributed by atoms with Crippen molar-refractivity contribution in [2.45, 2.75) is 12.5 Å². The number of aldehydes is 1. The van der Waals surface area contributed by atoms with E-state index in [-0.39, 0.29) is 12.6 Å². The first-order chi connectivity index (χ1) is 12.2. The van der Waals surface area contributed by atoms with Crippen LogP contribution in [-0.4, -0.2) is 48.0 Å². The summed E-state index contributed by atoms with van der Waals surface area (Å²) in [5, 5.41) is 9.07. The third-order valence-corrected chi connectivity index (χ3v) is 4.59. The molecular formula is C20H23N3O2. The van der Waals surface area contributed by atoms with E-state index >= 15 is 0 Å². The van der Waals surface area contributed by atoms with Crippen molar-refractivity contribution in [3.8, 4) is 0 Å². The van der Waals surface area contributed by atoms with E-state index in [9.17, 15) is 4.79 Å². The van der Waals surface area contributed by atoms with Gasteiger partial charge in [0.1, 0.15) is 12.1 Å². The van der Waals surface area contributed by atoms with Gasteiger partial charge in [-0.1, -0.05) is 30.3 Å². The maximum Gasteiger partial charge on any atom is 0.144 e. The molecule has 5 nitrogen and oxygen atoms in total.